The van der Waals surface area contributed by atoms with Crippen molar-refractivity contribution in [2.45, 2.75) is 71.9 Å². The summed E-state index contributed by atoms with van der Waals surface area (Å²) in [6, 6.07) is 0.0220. The third-order valence-electron chi connectivity index (χ3n) is 5.35. The SMILES string of the molecule is CCOCCn1cc(C(=O)N2CCCCCC(NC(=O)CC(C)CC)C2)cn1. The van der Waals surface area contributed by atoms with Crippen LogP contribution in [0.1, 0.15) is 69.7 Å². The Kier molecular flexibility index (Phi) is 9.47. The lowest BCUT2D eigenvalue weighted by Gasteiger charge is -2.30. The van der Waals surface area contributed by atoms with Crippen molar-refractivity contribution in [2.24, 2.45) is 5.92 Å². The van der Waals surface area contributed by atoms with Crippen molar-refractivity contribution in [3.05, 3.63) is 18.0 Å². The maximum Gasteiger partial charge on any atom is 0.257 e. The van der Waals surface area contributed by atoms with E-state index in [1.807, 2.05) is 11.8 Å². The number of hydrogen-bond acceptors (Lipinski definition) is 4. The molecule has 7 heteroatoms. The molecule has 2 heterocycles. The van der Waals surface area contributed by atoms with E-state index in [9.17, 15) is 9.59 Å². The molecule has 1 aliphatic heterocycles. The van der Waals surface area contributed by atoms with E-state index < -0.39 is 0 Å². The van der Waals surface area contributed by atoms with Crippen molar-refractivity contribution < 1.29 is 14.3 Å². The molecule has 1 fully saturated rings. The highest BCUT2D eigenvalue weighted by molar-refractivity contribution is 5.93. The van der Waals surface area contributed by atoms with E-state index in [1.54, 1.807) is 17.1 Å². The minimum absolute atomic E-state index is 0.00858. The molecular formula is C21H36N4O3. The van der Waals surface area contributed by atoms with Crippen LogP contribution < -0.4 is 5.32 Å². The predicted octanol–water partition coefficient (Wildman–Crippen LogP) is 2.86. The summed E-state index contributed by atoms with van der Waals surface area (Å²) >= 11 is 0. The summed E-state index contributed by atoms with van der Waals surface area (Å²) in [5.74, 6) is 0.468. The van der Waals surface area contributed by atoms with Gasteiger partial charge in [-0.3, -0.25) is 14.3 Å². The quantitative estimate of drug-likeness (QED) is 0.656. The van der Waals surface area contributed by atoms with Gasteiger partial charge >= 0.3 is 0 Å². The molecule has 1 N–H and O–H groups in total. The molecule has 0 spiro atoms. The Bertz CT molecular complexity index is 617. The topological polar surface area (TPSA) is 76.5 Å². The molecule has 28 heavy (non-hydrogen) atoms. The Morgan fingerprint density at radius 1 is 1.32 bits per heavy atom. The first-order chi connectivity index (χ1) is 13.5. The number of likely N-dealkylation sites (tertiary alicyclic amines) is 1. The summed E-state index contributed by atoms with van der Waals surface area (Å²) in [7, 11) is 0. The van der Waals surface area contributed by atoms with Gasteiger partial charge in [-0.2, -0.15) is 5.10 Å². The van der Waals surface area contributed by atoms with Crippen LogP contribution in [0.3, 0.4) is 0 Å². The fourth-order valence-electron chi connectivity index (χ4n) is 3.45. The van der Waals surface area contributed by atoms with Crippen molar-refractivity contribution in [1.29, 1.82) is 0 Å². The molecule has 2 unspecified atom stereocenters. The van der Waals surface area contributed by atoms with Gasteiger partial charge in [-0.05, 0) is 25.7 Å². The standard InChI is InChI=1S/C21H36N4O3/c1-4-17(3)13-20(26)23-19-9-7-6-8-10-24(16-19)21(27)18-14-22-25(15-18)11-12-28-5-2/h14-15,17,19H,4-13,16H2,1-3H3,(H,23,26). The molecule has 1 aromatic rings. The largest absolute Gasteiger partial charge is 0.380 e. The monoisotopic (exact) mass is 392 g/mol. The van der Waals surface area contributed by atoms with Gasteiger partial charge in [0.25, 0.3) is 5.91 Å². The number of nitrogens with one attached hydrogen (secondary N) is 1. The van der Waals surface area contributed by atoms with Crippen LogP contribution in [-0.2, 0) is 16.1 Å². The zero-order valence-corrected chi connectivity index (χ0v) is 17.7. The minimum atomic E-state index is -0.00858. The molecule has 2 amide bonds. The van der Waals surface area contributed by atoms with Crippen LogP contribution in [0.25, 0.3) is 0 Å². The minimum Gasteiger partial charge on any atom is -0.380 e. The van der Waals surface area contributed by atoms with Gasteiger partial charge in [0.1, 0.15) is 0 Å². The van der Waals surface area contributed by atoms with Crippen LogP contribution in [-0.4, -0.2) is 58.8 Å². The highest BCUT2D eigenvalue weighted by Gasteiger charge is 2.24. The average Bonchev–Trinajstić information content (AvgIpc) is 3.12. The molecule has 0 aliphatic carbocycles. The van der Waals surface area contributed by atoms with E-state index in [-0.39, 0.29) is 17.9 Å². The van der Waals surface area contributed by atoms with E-state index in [4.69, 9.17) is 4.74 Å². The maximum absolute atomic E-state index is 13.0. The summed E-state index contributed by atoms with van der Waals surface area (Å²) in [5.41, 5.74) is 0.599. The first kappa shape index (κ1) is 22.4. The second-order valence-electron chi connectivity index (χ2n) is 7.77. The lowest BCUT2D eigenvalue weighted by molar-refractivity contribution is -0.122. The average molecular weight is 393 g/mol. The van der Waals surface area contributed by atoms with Gasteiger partial charge in [0, 0.05) is 38.4 Å². The Morgan fingerprint density at radius 2 is 2.14 bits per heavy atom. The van der Waals surface area contributed by atoms with Crippen LogP contribution in [0.5, 0.6) is 0 Å². The van der Waals surface area contributed by atoms with Gasteiger partial charge in [-0.1, -0.05) is 33.1 Å². The molecule has 0 saturated carbocycles. The van der Waals surface area contributed by atoms with E-state index in [0.717, 1.165) is 38.6 Å². The molecule has 2 atom stereocenters. The van der Waals surface area contributed by atoms with E-state index in [1.165, 1.54) is 0 Å². The van der Waals surface area contributed by atoms with Gasteiger partial charge in [-0.25, -0.2) is 0 Å². The zero-order chi connectivity index (χ0) is 20.4. The smallest absolute Gasteiger partial charge is 0.257 e. The normalized spacial score (nSPS) is 19.0. The number of amides is 2. The molecule has 7 nitrogen and oxygen atoms in total. The van der Waals surface area contributed by atoms with Crippen molar-refractivity contribution in [3.8, 4) is 0 Å². The van der Waals surface area contributed by atoms with Crippen LogP contribution in [0.15, 0.2) is 12.4 Å². The summed E-state index contributed by atoms with van der Waals surface area (Å²) < 4.78 is 7.09. The highest BCUT2D eigenvalue weighted by Crippen LogP contribution is 2.15. The lowest BCUT2D eigenvalue weighted by Crippen LogP contribution is -2.47. The number of nitrogens with zero attached hydrogens (tertiary/aromatic N) is 3. The fourth-order valence-corrected chi connectivity index (χ4v) is 3.45. The molecule has 1 aromatic heterocycles. The number of carbonyl (C=O) groups excluding carboxylic acids is 2. The van der Waals surface area contributed by atoms with Crippen LogP contribution in [0.2, 0.25) is 0 Å². The molecular weight excluding hydrogens is 356 g/mol. The van der Waals surface area contributed by atoms with E-state index in [0.29, 0.717) is 44.2 Å². The first-order valence-corrected chi connectivity index (χ1v) is 10.7. The van der Waals surface area contributed by atoms with Gasteiger partial charge < -0.3 is 15.0 Å². The summed E-state index contributed by atoms with van der Waals surface area (Å²) in [5, 5.41) is 7.43. The number of ether oxygens (including phenoxy) is 1. The van der Waals surface area contributed by atoms with Crippen LogP contribution in [0.4, 0.5) is 0 Å². The Hall–Kier alpha value is -1.89. The zero-order valence-electron chi connectivity index (χ0n) is 17.7. The molecule has 2 rings (SSSR count). The molecule has 1 saturated heterocycles. The van der Waals surface area contributed by atoms with E-state index in [2.05, 4.69) is 24.3 Å². The van der Waals surface area contributed by atoms with Crippen molar-refractivity contribution >= 4 is 11.8 Å². The molecule has 0 aromatic carbocycles. The Labute approximate surface area is 168 Å². The third-order valence-corrected chi connectivity index (χ3v) is 5.35. The number of aromatic nitrogens is 2. The number of hydrogen-bond donors (Lipinski definition) is 1. The number of carbonyl (C=O) groups is 2. The lowest BCUT2D eigenvalue weighted by atomic mass is 10.0. The van der Waals surface area contributed by atoms with Gasteiger partial charge in [0.2, 0.25) is 5.91 Å². The Morgan fingerprint density at radius 3 is 2.89 bits per heavy atom. The number of rotatable bonds is 9. The van der Waals surface area contributed by atoms with Gasteiger partial charge in [0.05, 0.1) is 24.9 Å². The van der Waals surface area contributed by atoms with Crippen molar-refractivity contribution in [2.75, 3.05) is 26.3 Å². The van der Waals surface area contributed by atoms with E-state index >= 15 is 0 Å². The van der Waals surface area contributed by atoms with Crippen LogP contribution in [0, 0.1) is 5.92 Å². The molecule has 158 valence electrons. The maximum atomic E-state index is 13.0. The fraction of sp³-hybridized carbons (Fsp3) is 0.762. The molecule has 1 aliphatic rings. The van der Waals surface area contributed by atoms with Gasteiger partial charge in [0.15, 0.2) is 0 Å². The third kappa shape index (κ3) is 7.26. The molecule has 0 bridgehead atoms. The highest BCUT2D eigenvalue weighted by atomic mass is 16.5. The van der Waals surface area contributed by atoms with Crippen molar-refractivity contribution in [3.63, 3.8) is 0 Å². The summed E-state index contributed by atoms with van der Waals surface area (Å²) in [6.07, 6.45) is 9.05. The second-order valence-corrected chi connectivity index (χ2v) is 7.77. The summed E-state index contributed by atoms with van der Waals surface area (Å²) in [4.78, 5) is 27.2. The first-order valence-electron chi connectivity index (χ1n) is 10.7. The molecule has 0 radical (unpaired) electrons. The Balaban J connectivity index is 1.95. The van der Waals surface area contributed by atoms with Crippen molar-refractivity contribution in [1.82, 2.24) is 20.0 Å². The summed E-state index contributed by atoms with van der Waals surface area (Å²) in [6.45, 7) is 9.33. The second kappa shape index (κ2) is 11.8. The predicted molar refractivity (Wildman–Crippen MR) is 109 cm³/mol. The van der Waals surface area contributed by atoms with Gasteiger partial charge in [-0.15, -0.1) is 0 Å². The van der Waals surface area contributed by atoms with Crippen LogP contribution >= 0.6 is 0 Å².